The molecule has 1 saturated carbocycles. The van der Waals surface area contributed by atoms with Gasteiger partial charge in [-0.2, -0.15) is 0 Å². The molecule has 0 aromatic rings. The van der Waals surface area contributed by atoms with Crippen molar-refractivity contribution < 1.29 is 4.74 Å². The van der Waals surface area contributed by atoms with Crippen LogP contribution in [-0.4, -0.2) is 50.8 Å². The first-order chi connectivity index (χ1) is 8.77. The van der Waals surface area contributed by atoms with Crippen LogP contribution in [-0.2, 0) is 4.74 Å². The number of nitrogens with one attached hydrogen (secondary N) is 1. The van der Waals surface area contributed by atoms with Crippen molar-refractivity contribution in [3.63, 3.8) is 0 Å². The zero-order valence-electron chi connectivity index (χ0n) is 12.6. The second-order valence-electron chi connectivity index (χ2n) is 5.56. The predicted octanol–water partition coefficient (Wildman–Crippen LogP) is 2.51. The average molecular weight is 256 g/mol. The van der Waals surface area contributed by atoms with Crippen molar-refractivity contribution in [2.24, 2.45) is 5.92 Å². The zero-order valence-corrected chi connectivity index (χ0v) is 12.6. The van der Waals surface area contributed by atoms with E-state index in [-0.39, 0.29) is 0 Å². The lowest BCUT2D eigenvalue weighted by Crippen LogP contribution is -2.45. The number of likely N-dealkylation sites (N-methyl/N-ethyl adjacent to an activating group) is 1. The Balaban J connectivity index is 2.29. The molecule has 0 radical (unpaired) electrons. The summed E-state index contributed by atoms with van der Waals surface area (Å²) >= 11 is 0. The molecule has 0 aromatic heterocycles. The number of rotatable bonds is 10. The van der Waals surface area contributed by atoms with Crippen molar-refractivity contribution in [1.29, 1.82) is 0 Å². The number of nitrogens with zero attached hydrogens (tertiary/aromatic N) is 1. The van der Waals surface area contributed by atoms with Crippen molar-refractivity contribution in [1.82, 2.24) is 10.2 Å². The summed E-state index contributed by atoms with van der Waals surface area (Å²) in [6, 6.07) is 0.680. The monoisotopic (exact) mass is 256 g/mol. The Kier molecular flexibility index (Phi) is 8.64. The lowest BCUT2D eigenvalue weighted by atomic mass is 9.97. The third-order valence-electron chi connectivity index (χ3n) is 3.96. The SMILES string of the molecule is CCCNC(CN(C)CCOCC)C1CCCC1. The minimum atomic E-state index is 0.680. The van der Waals surface area contributed by atoms with Gasteiger partial charge in [-0.3, -0.25) is 0 Å². The summed E-state index contributed by atoms with van der Waals surface area (Å²) in [6.07, 6.45) is 6.92. The highest BCUT2D eigenvalue weighted by Gasteiger charge is 2.25. The van der Waals surface area contributed by atoms with E-state index in [1.165, 1.54) is 32.1 Å². The number of hydrogen-bond acceptors (Lipinski definition) is 3. The average Bonchev–Trinajstić information content (AvgIpc) is 2.88. The molecule has 1 unspecified atom stereocenters. The highest BCUT2D eigenvalue weighted by Crippen LogP contribution is 2.28. The Morgan fingerprint density at radius 2 is 2.00 bits per heavy atom. The summed E-state index contributed by atoms with van der Waals surface area (Å²) in [6.45, 7) is 9.36. The molecule has 0 heterocycles. The Morgan fingerprint density at radius 1 is 1.28 bits per heavy atom. The summed E-state index contributed by atoms with van der Waals surface area (Å²) < 4.78 is 5.43. The van der Waals surface area contributed by atoms with E-state index in [1.54, 1.807) is 0 Å². The van der Waals surface area contributed by atoms with E-state index in [1.807, 2.05) is 0 Å². The van der Waals surface area contributed by atoms with Gasteiger partial charge in [0.25, 0.3) is 0 Å². The van der Waals surface area contributed by atoms with E-state index in [0.29, 0.717) is 6.04 Å². The minimum Gasteiger partial charge on any atom is -0.380 e. The van der Waals surface area contributed by atoms with Gasteiger partial charge >= 0.3 is 0 Å². The van der Waals surface area contributed by atoms with E-state index in [4.69, 9.17) is 4.74 Å². The highest BCUT2D eigenvalue weighted by molar-refractivity contribution is 4.82. The normalized spacial score (nSPS) is 18.7. The van der Waals surface area contributed by atoms with Crippen molar-refractivity contribution in [3.8, 4) is 0 Å². The fourth-order valence-electron chi connectivity index (χ4n) is 2.86. The third kappa shape index (κ3) is 6.17. The van der Waals surface area contributed by atoms with Crippen LogP contribution in [0, 0.1) is 5.92 Å². The fraction of sp³-hybridized carbons (Fsp3) is 1.00. The van der Waals surface area contributed by atoms with Gasteiger partial charge in [0.15, 0.2) is 0 Å². The van der Waals surface area contributed by atoms with E-state index in [2.05, 4.69) is 31.1 Å². The van der Waals surface area contributed by atoms with Crippen LogP contribution in [0.25, 0.3) is 0 Å². The molecule has 0 aromatic carbocycles. The second kappa shape index (κ2) is 9.76. The molecule has 3 nitrogen and oxygen atoms in total. The van der Waals surface area contributed by atoms with Gasteiger partial charge in [-0.1, -0.05) is 19.8 Å². The fourth-order valence-corrected chi connectivity index (χ4v) is 2.86. The molecule has 108 valence electrons. The molecule has 0 amide bonds. The quantitative estimate of drug-likeness (QED) is 0.608. The van der Waals surface area contributed by atoms with E-state index < -0.39 is 0 Å². The molecule has 1 N–H and O–H groups in total. The Morgan fingerprint density at radius 3 is 2.61 bits per heavy atom. The van der Waals surface area contributed by atoms with Crippen molar-refractivity contribution >= 4 is 0 Å². The van der Waals surface area contributed by atoms with Crippen LogP contribution in [0.4, 0.5) is 0 Å². The molecule has 1 rings (SSSR count). The third-order valence-corrected chi connectivity index (χ3v) is 3.96. The molecule has 3 heteroatoms. The highest BCUT2D eigenvalue weighted by atomic mass is 16.5. The summed E-state index contributed by atoms with van der Waals surface area (Å²) in [5, 5.41) is 3.75. The van der Waals surface area contributed by atoms with Crippen LogP contribution in [0.3, 0.4) is 0 Å². The van der Waals surface area contributed by atoms with Gasteiger partial charge in [-0.25, -0.2) is 0 Å². The van der Waals surface area contributed by atoms with Crippen LogP contribution < -0.4 is 5.32 Å². The Labute approximate surface area is 113 Å². The van der Waals surface area contributed by atoms with E-state index in [9.17, 15) is 0 Å². The molecular weight excluding hydrogens is 224 g/mol. The summed E-state index contributed by atoms with van der Waals surface area (Å²) in [7, 11) is 2.22. The molecule has 0 bridgehead atoms. The van der Waals surface area contributed by atoms with Gasteiger partial charge in [0.2, 0.25) is 0 Å². The first kappa shape index (κ1) is 15.9. The molecular formula is C15H32N2O. The summed E-state index contributed by atoms with van der Waals surface area (Å²) in [5.41, 5.74) is 0. The van der Waals surface area contributed by atoms with E-state index >= 15 is 0 Å². The standard InChI is InChI=1S/C15H32N2O/c1-4-10-16-15(14-8-6-7-9-14)13-17(3)11-12-18-5-2/h14-16H,4-13H2,1-3H3. The molecule has 1 atom stereocenters. The molecule has 1 fully saturated rings. The van der Waals surface area contributed by atoms with Crippen molar-refractivity contribution in [3.05, 3.63) is 0 Å². The van der Waals surface area contributed by atoms with Gasteiger partial charge in [0.1, 0.15) is 0 Å². The first-order valence-electron chi connectivity index (χ1n) is 7.77. The van der Waals surface area contributed by atoms with Crippen LogP contribution in [0.5, 0.6) is 0 Å². The topological polar surface area (TPSA) is 24.5 Å². The maximum atomic E-state index is 5.43. The number of hydrogen-bond donors (Lipinski definition) is 1. The van der Waals surface area contributed by atoms with Crippen LogP contribution in [0.15, 0.2) is 0 Å². The maximum Gasteiger partial charge on any atom is 0.0593 e. The lowest BCUT2D eigenvalue weighted by Gasteiger charge is -2.29. The molecule has 1 aliphatic rings. The minimum absolute atomic E-state index is 0.680. The maximum absolute atomic E-state index is 5.43. The van der Waals surface area contributed by atoms with Gasteiger partial charge in [-0.05, 0) is 45.7 Å². The predicted molar refractivity (Wildman–Crippen MR) is 78.0 cm³/mol. The molecule has 0 aliphatic heterocycles. The molecule has 18 heavy (non-hydrogen) atoms. The Bertz CT molecular complexity index is 193. The van der Waals surface area contributed by atoms with Crippen LogP contribution >= 0.6 is 0 Å². The van der Waals surface area contributed by atoms with E-state index in [0.717, 1.165) is 38.8 Å². The largest absolute Gasteiger partial charge is 0.380 e. The van der Waals surface area contributed by atoms with Crippen molar-refractivity contribution in [2.75, 3.05) is 39.9 Å². The number of ether oxygens (including phenoxy) is 1. The van der Waals surface area contributed by atoms with Crippen molar-refractivity contribution in [2.45, 2.75) is 52.0 Å². The molecule has 0 saturated heterocycles. The van der Waals surface area contributed by atoms with Gasteiger partial charge in [-0.15, -0.1) is 0 Å². The molecule has 1 aliphatic carbocycles. The summed E-state index contributed by atoms with van der Waals surface area (Å²) in [5.74, 6) is 0.895. The molecule has 0 spiro atoms. The smallest absolute Gasteiger partial charge is 0.0593 e. The van der Waals surface area contributed by atoms with Gasteiger partial charge < -0.3 is 15.0 Å². The Hall–Kier alpha value is -0.120. The van der Waals surface area contributed by atoms with Crippen LogP contribution in [0.1, 0.15) is 46.0 Å². The zero-order chi connectivity index (χ0) is 13.2. The second-order valence-corrected chi connectivity index (χ2v) is 5.56. The first-order valence-corrected chi connectivity index (χ1v) is 7.77. The lowest BCUT2D eigenvalue weighted by molar-refractivity contribution is 0.115. The van der Waals surface area contributed by atoms with Crippen LogP contribution in [0.2, 0.25) is 0 Å². The van der Waals surface area contributed by atoms with Gasteiger partial charge in [0.05, 0.1) is 6.61 Å². The van der Waals surface area contributed by atoms with Gasteiger partial charge in [0, 0.05) is 25.7 Å². The summed E-state index contributed by atoms with van der Waals surface area (Å²) in [4.78, 5) is 2.42.